The molecule has 5 rings (SSSR count). The van der Waals surface area contributed by atoms with Crippen LogP contribution in [0, 0.1) is 6.92 Å². The van der Waals surface area contributed by atoms with Crippen LogP contribution in [0.5, 0.6) is 0 Å². The summed E-state index contributed by atoms with van der Waals surface area (Å²) in [5.74, 6) is 1.02. The van der Waals surface area contributed by atoms with Gasteiger partial charge >= 0.3 is 6.18 Å². The number of rotatable bonds is 4. The third-order valence-electron chi connectivity index (χ3n) is 6.29. The molecule has 1 amide bonds. The standard InChI is InChI=1S/C22H23F3N8O/c1-11-18-19(32(3)12(2)20(34)29-18)30-21(27-11)28-15-5-6-16-14(15)10-33(31-16)9-13-4-7-17(26-8-13)22(23,24)25/h4,7-8,10,12,15H,5-6,9H2,1-3H3,(H,29,34)(H,27,28,30)/t12-,15?/m0/s1. The molecule has 1 aliphatic heterocycles. The highest BCUT2D eigenvalue weighted by atomic mass is 19.4. The Labute approximate surface area is 193 Å². The molecule has 4 heterocycles. The summed E-state index contributed by atoms with van der Waals surface area (Å²) in [6, 6.07) is 2.00. The van der Waals surface area contributed by atoms with Gasteiger partial charge in [0.15, 0.2) is 5.82 Å². The van der Waals surface area contributed by atoms with E-state index >= 15 is 0 Å². The lowest BCUT2D eigenvalue weighted by molar-refractivity contribution is -0.141. The van der Waals surface area contributed by atoms with Crippen molar-refractivity contribution in [3.8, 4) is 0 Å². The highest BCUT2D eigenvalue weighted by Gasteiger charge is 2.33. The number of pyridine rings is 1. The van der Waals surface area contributed by atoms with E-state index in [1.165, 1.54) is 12.3 Å². The zero-order chi connectivity index (χ0) is 24.2. The summed E-state index contributed by atoms with van der Waals surface area (Å²) < 4.78 is 39.9. The fourth-order valence-corrected chi connectivity index (χ4v) is 4.27. The minimum absolute atomic E-state index is 0.0483. The molecule has 0 aromatic carbocycles. The Morgan fingerprint density at radius 1 is 1.26 bits per heavy atom. The van der Waals surface area contributed by atoms with E-state index < -0.39 is 11.9 Å². The van der Waals surface area contributed by atoms with E-state index in [0.29, 0.717) is 35.3 Å². The van der Waals surface area contributed by atoms with E-state index in [2.05, 4.69) is 30.7 Å². The van der Waals surface area contributed by atoms with Crippen molar-refractivity contribution < 1.29 is 18.0 Å². The van der Waals surface area contributed by atoms with Crippen LogP contribution in [-0.2, 0) is 23.9 Å². The van der Waals surface area contributed by atoms with E-state index in [4.69, 9.17) is 0 Å². The normalized spacial score (nSPS) is 19.6. The zero-order valence-electron chi connectivity index (χ0n) is 18.8. The Bertz CT molecular complexity index is 1250. The van der Waals surface area contributed by atoms with Crippen LogP contribution in [0.4, 0.5) is 30.6 Å². The summed E-state index contributed by atoms with van der Waals surface area (Å²) in [5, 5.41) is 10.8. The van der Waals surface area contributed by atoms with Gasteiger partial charge in [0, 0.05) is 25.0 Å². The fourth-order valence-electron chi connectivity index (χ4n) is 4.27. The van der Waals surface area contributed by atoms with Crippen LogP contribution < -0.4 is 15.5 Å². The van der Waals surface area contributed by atoms with E-state index in [9.17, 15) is 18.0 Å². The van der Waals surface area contributed by atoms with Crippen LogP contribution >= 0.6 is 0 Å². The third kappa shape index (κ3) is 3.93. The maximum atomic E-state index is 12.7. The summed E-state index contributed by atoms with van der Waals surface area (Å²) >= 11 is 0. The number of nitrogens with one attached hydrogen (secondary N) is 2. The monoisotopic (exact) mass is 472 g/mol. The Balaban J connectivity index is 1.33. The second kappa shape index (κ2) is 7.96. The second-order valence-corrected chi connectivity index (χ2v) is 8.62. The number of hydrogen-bond donors (Lipinski definition) is 2. The Kier molecular flexibility index (Phi) is 5.18. The highest BCUT2D eigenvalue weighted by Crippen LogP contribution is 2.36. The first-order chi connectivity index (χ1) is 16.1. The van der Waals surface area contributed by atoms with Gasteiger partial charge in [0.25, 0.3) is 0 Å². The van der Waals surface area contributed by atoms with Crippen LogP contribution in [0.1, 0.15) is 47.6 Å². The fraction of sp³-hybridized carbons (Fsp3) is 0.409. The average Bonchev–Trinajstić information content (AvgIpc) is 3.34. The van der Waals surface area contributed by atoms with Gasteiger partial charge in [-0.25, -0.2) is 4.98 Å². The molecule has 0 saturated heterocycles. The van der Waals surface area contributed by atoms with Gasteiger partial charge in [-0.2, -0.15) is 23.3 Å². The molecule has 0 fully saturated rings. The number of likely N-dealkylation sites (N-methyl/N-ethyl adjacent to an activating group) is 1. The SMILES string of the molecule is Cc1nc(NC2CCc3nn(Cc4ccc(C(F)(F)F)nc4)cc32)nc2c1NC(=O)[C@H](C)N2C. The lowest BCUT2D eigenvalue weighted by Gasteiger charge is -2.32. The summed E-state index contributed by atoms with van der Waals surface area (Å²) in [6.07, 6.45) is 0.257. The molecule has 2 atom stereocenters. The van der Waals surface area contributed by atoms with Crippen LogP contribution in [0.15, 0.2) is 24.5 Å². The van der Waals surface area contributed by atoms with E-state index in [1.54, 1.807) is 4.68 Å². The predicted octanol–water partition coefficient (Wildman–Crippen LogP) is 3.32. The number of hydrogen-bond acceptors (Lipinski definition) is 7. The highest BCUT2D eigenvalue weighted by molar-refractivity contribution is 6.03. The molecule has 178 valence electrons. The second-order valence-electron chi connectivity index (χ2n) is 8.62. The number of anilines is 3. The van der Waals surface area contributed by atoms with Crippen LogP contribution in [0.2, 0.25) is 0 Å². The van der Waals surface area contributed by atoms with Crippen molar-refractivity contribution in [3.63, 3.8) is 0 Å². The number of carbonyl (C=O) groups is 1. The van der Waals surface area contributed by atoms with Gasteiger partial charge in [-0.3, -0.25) is 14.5 Å². The van der Waals surface area contributed by atoms with Crippen LogP contribution in [-0.4, -0.2) is 43.7 Å². The van der Waals surface area contributed by atoms with Crippen molar-refractivity contribution in [2.24, 2.45) is 0 Å². The number of alkyl halides is 3. The van der Waals surface area contributed by atoms with Gasteiger partial charge in [-0.05, 0) is 38.3 Å². The molecule has 0 bridgehead atoms. The minimum atomic E-state index is -4.46. The summed E-state index contributed by atoms with van der Waals surface area (Å²) in [4.78, 5) is 26.6. The smallest absolute Gasteiger partial charge is 0.347 e. The summed E-state index contributed by atoms with van der Waals surface area (Å²) in [6.45, 7) is 3.96. The summed E-state index contributed by atoms with van der Waals surface area (Å²) in [7, 11) is 1.83. The number of aryl methyl sites for hydroxylation is 2. The lowest BCUT2D eigenvalue weighted by atomic mass is 10.1. The number of aromatic nitrogens is 5. The van der Waals surface area contributed by atoms with Gasteiger partial charge < -0.3 is 15.5 Å². The topological polar surface area (TPSA) is 101 Å². The Morgan fingerprint density at radius 2 is 2.06 bits per heavy atom. The third-order valence-corrected chi connectivity index (χ3v) is 6.29. The molecule has 2 aliphatic rings. The van der Waals surface area contributed by atoms with E-state index in [-0.39, 0.29) is 18.0 Å². The first kappa shape index (κ1) is 22.1. The van der Waals surface area contributed by atoms with Crippen molar-refractivity contribution in [3.05, 3.63) is 52.7 Å². The van der Waals surface area contributed by atoms with Gasteiger partial charge in [0.1, 0.15) is 17.4 Å². The van der Waals surface area contributed by atoms with Gasteiger partial charge in [0.2, 0.25) is 11.9 Å². The molecule has 1 unspecified atom stereocenters. The molecule has 0 spiro atoms. The Morgan fingerprint density at radius 3 is 2.76 bits per heavy atom. The van der Waals surface area contributed by atoms with Gasteiger partial charge in [-0.15, -0.1) is 0 Å². The van der Waals surface area contributed by atoms with E-state index in [1.807, 2.05) is 32.0 Å². The molecular formula is C22H23F3N8O. The first-order valence-electron chi connectivity index (χ1n) is 10.9. The molecule has 0 radical (unpaired) electrons. The number of fused-ring (bicyclic) bond motifs is 2. The molecule has 3 aromatic rings. The Hall–Kier alpha value is -3.70. The predicted molar refractivity (Wildman–Crippen MR) is 119 cm³/mol. The molecule has 34 heavy (non-hydrogen) atoms. The van der Waals surface area contributed by atoms with E-state index in [0.717, 1.165) is 30.2 Å². The number of nitrogens with zero attached hydrogens (tertiary/aromatic N) is 6. The van der Waals surface area contributed by atoms with Gasteiger partial charge in [-0.1, -0.05) is 6.07 Å². The molecule has 9 nitrogen and oxygen atoms in total. The maximum absolute atomic E-state index is 12.7. The largest absolute Gasteiger partial charge is 0.433 e. The number of amides is 1. The number of halogens is 3. The van der Waals surface area contributed by atoms with Crippen molar-refractivity contribution in [2.75, 3.05) is 22.6 Å². The van der Waals surface area contributed by atoms with Crippen molar-refractivity contribution in [1.29, 1.82) is 0 Å². The molecular weight excluding hydrogens is 449 g/mol. The quantitative estimate of drug-likeness (QED) is 0.601. The molecule has 0 saturated carbocycles. The minimum Gasteiger partial charge on any atom is -0.347 e. The van der Waals surface area contributed by atoms with Crippen LogP contribution in [0.3, 0.4) is 0 Å². The first-order valence-corrected chi connectivity index (χ1v) is 10.9. The molecule has 12 heteroatoms. The maximum Gasteiger partial charge on any atom is 0.433 e. The van der Waals surface area contributed by atoms with Crippen molar-refractivity contribution in [2.45, 2.75) is 51.5 Å². The van der Waals surface area contributed by atoms with Crippen molar-refractivity contribution >= 4 is 23.4 Å². The zero-order valence-corrected chi connectivity index (χ0v) is 18.8. The average molecular weight is 472 g/mol. The van der Waals surface area contributed by atoms with Crippen LogP contribution in [0.25, 0.3) is 0 Å². The molecule has 2 N–H and O–H groups in total. The lowest BCUT2D eigenvalue weighted by Crippen LogP contribution is -2.44. The molecule has 1 aliphatic carbocycles. The number of carbonyl (C=O) groups excluding carboxylic acids is 1. The summed E-state index contributed by atoms with van der Waals surface area (Å²) in [5.41, 5.74) is 2.94. The molecule has 3 aromatic heterocycles. The van der Waals surface area contributed by atoms with Gasteiger partial charge in [0.05, 0.1) is 24.0 Å². The van der Waals surface area contributed by atoms with Crippen molar-refractivity contribution in [1.82, 2.24) is 24.7 Å².